The maximum absolute atomic E-state index is 5.72. The van der Waals surface area contributed by atoms with E-state index in [2.05, 4.69) is 16.8 Å². The molecule has 0 radical (unpaired) electrons. The molecule has 0 aliphatic rings. The summed E-state index contributed by atoms with van der Waals surface area (Å²) in [6.45, 7) is 4.43. The second-order valence-corrected chi connectivity index (χ2v) is 2.66. The van der Waals surface area contributed by atoms with Crippen LogP contribution in [0.25, 0.3) is 0 Å². The zero-order chi connectivity index (χ0) is 8.97. The summed E-state index contributed by atoms with van der Waals surface area (Å²) in [6.07, 6.45) is 3.53. The number of rotatable bonds is 2. The molecule has 0 fully saturated rings. The topological polar surface area (TPSA) is 43.8 Å². The Morgan fingerprint density at radius 1 is 1.75 bits per heavy atom. The van der Waals surface area contributed by atoms with Crippen LogP contribution in [0.5, 0.6) is 0 Å². The summed E-state index contributed by atoms with van der Waals surface area (Å²) >= 11 is 0. The van der Waals surface area contributed by atoms with Gasteiger partial charge >= 0.3 is 0 Å². The van der Waals surface area contributed by atoms with Crippen molar-refractivity contribution in [3.63, 3.8) is 0 Å². The fourth-order valence-electron chi connectivity index (χ4n) is 1.01. The first-order valence-corrected chi connectivity index (χ1v) is 3.91. The van der Waals surface area contributed by atoms with Crippen LogP contribution in [0.3, 0.4) is 0 Å². The molecule has 12 heavy (non-hydrogen) atoms. The highest BCUT2D eigenvalue weighted by Gasteiger charge is 2.04. The summed E-state index contributed by atoms with van der Waals surface area (Å²) in [4.78, 5) is 4.01. The number of aromatic nitrogens is 2. The third kappa shape index (κ3) is 1.86. The van der Waals surface area contributed by atoms with Gasteiger partial charge in [0, 0.05) is 12.2 Å². The average Bonchev–Trinajstić information content (AvgIpc) is 2.48. The zero-order valence-electron chi connectivity index (χ0n) is 7.41. The Morgan fingerprint density at radius 2 is 2.50 bits per heavy atom. The Bertz CT molecular complexity index is 301. The second kappa shape index (κ2) is 3.93. The third-order valence-electron chi connectivity index (χ3n) is 1.64. The second-order valence-electron chi connectivity index (χ2n) is 2.66. The van der Waals surface area contributed by atoms with Gasteiger partial charge in [-0.3, -0.25) is 0 Å². The lowest BCUT2D eigenvalue weighted by atomic mass is 10.3. The van der Waals surface area contributed by atoms with E-state index < -0.39 is 0 Å². The highest BCUT2D eigenvalue weighted by Crippen LogP contribution is 2.07. The van der Waals surface area contributed by atoms with Gasteiger partial charge in [0.05, 0.1) is 18.6 Å². The minimum Gasteiger partial charge on any atom is -0.323 e. The fourth-order valence-corrected chi connectivity index (χ4v) is 1.01. The van der Waals surface area contributed by atoms with Crippen LogP contribution in [0.2, 0.25) is 0 Å². The van der Waals surface area contributed by atoms with Crippen LogP contribution in [0, 0.1) is 11.8 Å². The number of nitrogens with zero attached hydrogens (tertiary/aromatic N) is 2. The molecule has 0 saturated heterocycles. The standard InChI is InChI=1S/C9H13N3/c1-3-4-5-12-7-11-6-9(12)8(2)10/h6-8H,5,10H2,1-2H3/t8-/m1/s1. The molecule has 0 aromatic carbocycles. The average molecular weight is 163 g/mol. The Morgan fingerprint density at radius 3 is 3.08 bits per heavy atom. The van der Waals surface area contributed by atoms with Gasteiger partial charge in [-0.15, -0.1) is 5.92 Å². The van der Waals surface area contributed by atoms with Crippen molar-refractivity contribution in [3.05, 3.63) is 18.2 Å². The molecule has 0 spiro atoms. The van der Waals surface area contributed by atoms with Crippen molar-refractivity contribution in [1.29, 1.82) is 0 Å². The van der Waals surface area contributed by atoms with Crippen molar-refractivity contribution in [1.82, 2.24) is 9.55 Å². The van der Waals surface area contributed by atoms with E-state index in [1.807, 2.05) is 18.4 Å². The smallest absolute Gasteiger partial charge is 0.0957 e. The molecule has 0 aliphatic carbocycles. The van der Waals surface area contributed by atoms with Gasteiger partial charge in [-0.2, -0.15) is 0 Å². The molecule has 0 amide bonds. The van der Waals surface area contributed by atoms with Crippen LogP contribution in [-0.4, -0.2) is 9.55 Å². The maximum Gasteiger partial charge on any atom is 0.0957 e. The highest BCUT2D eigenvalue weighted by atomic mass is 15.1. The van der Waals surface area contributed by atoms with Crippen molar-refractivity contribution in [2.24, 2.45) is 5.73 Å². The van der Waals surface area contributed by atoms with Gasteiger partial charge in [0.2, 0.25) is 0 Å². The minimum absolute atomic E-state index is 0.0196. The molecule has 0 unspecified atom stereocenters. The largest absolute Gasteiger partial charge is 0.323 e. The van der Waals surface area contributed by atoms with Gasteiger partial charge in [-0.25, -0.2) is 4.98 Å². The van der Waals surface area contributed by atoms with E-state index >= 15 is 0 Å². The molecule has 1 atom stereocenters. The van der Waals surface area contributed by atoms with Crippen LogP contribution in [0.4, 0.5) is 0 Å². The first-order chi connectivity index (χ1) is 5.75. The Hall–Kier alpha value is -1.27. The summed E-state index contributed by atoms with van der Waals surface area (Å²) in [5.74, 6) is 5.80. The summed E-state index contributed by atoms with van der Waals surface area (Å²) in [5, 5.41) is 0. The van der Waals surface area contributed by atoms with Gasteiger partial charge < -0.3 is 10.3 Å². The van der Waals surface area contributed by atoms with E-state index in [0.29, 0.717) is 6.54 Å². The summed E-state index contributed by atoms with van der Waals surface area (Å²) in [6, 6.07) is 0.0196. The summed E-state index contributed by atoms with van der Waals surface area (Å²) in [7, 11) is 0. The lowest BCUT2D eigenvalue weighted by molar-refractivity contribution is 0.690. The molecule has 1 aromatic rings. The number of hydrogen-bond donors (Lipinski definition) is 1. The molecule has 64 valence electrons. The SMILES string of the molecule is CC#CCn1cncc1[C@@H](C)N. The van der Waals surface area contributed by atoms with Gasteiger partial charge in [-0.05, 0) is 13.8 Å². The van der Waals surface area contributed by atoms with Crippen LogP contribution in [0.15, 0.2) is 12.5 Å². The molecule has 3 heteroatoms. The van der Waals surface area contributed by atoms with Crippen LogP contribution in [-0.2, 0) is 6.54 Å². The summed E-state index contributed by atoms with van der Waals surface area (Å²) in [5.41, 5.74) is 6.75. The zero-order valence-corrected chi connectivity index (χ0v) is 7.41. The van der Waals surface area contributed by atoms with Crippen molar-refractivity contribution < 1.29 is 0 Å². The summed E-state index contributed by atoms with van der Waals surface area (Å²) < 4.78 is 1.96. The van der Waals surface area contributed by atoms with Crippen LogP contribution in [0.1, 0.15) is 25.6 Å². The van der Waals surface area contributed by atoms with Gasteiger partial charge in [0.15, 0.2) is 0 Å². The first-order valence-electron chi connectivity index (χ1n) is 3.91. The Balaban J connectivity index is 2.81. The molecule has 1 aromatic heterocycles. The molecule has 2 N–H and O–H groups in total. The van der Waals surface area contributed by atoms with Gasteiger partial charge in [-0.1, -0.05) is 5.92 Å². The van der Waals surface area contributed by atoms with E-state index in [9.17, 15) is 0 Å². The lowest BCUT2D eigenvalue weighted by Gasteiger charge is -2.06. The minimum atomic E-state index is 0.0196. The first kappa shape index (κ1) is 8.82. The molecule has 0 saturated carbocycles. The van der Waals surface area contributed by atoms with Crippen molar-refractivity contribution in [2.45, 2.75) is 26.4 Å². The molecule has 0 aliphatic heterocycles. The quantitative estimate of drug-likeness (QED) is 0.659. The van der Waals surface area contributed by atoms with E-state index in [4.69, 9.17) is 5.73 Å². The Kier molecular flexibility index (Phi) is 2.89. The van der Waals surface area contributed by atoms with E-state index in [1.165, 1.54) is 0 Å². The molecule has 1 heterocycles. The molecule has 0 bridgehead atoms. The molecule has 3 nitrogen and oxygen atoms in total. The number of imidazole rings is 1. The van der Waals surface area contributed by atoms with Gasteiger partial charge in [0.1, 0.15) is 0 Å². The number of hydrogen-bond acceptors (Lipinski definition) is 2. The fraction of sp³-hybridized carbons (Fsp3) is 0.444. The van der Waals surface area contributed by atoms with Crippen LogP contribution >= 0.6 is 0 Å². The van der Waals surface area contributed by atoms with Crippen molar-refractivity contribution in [2.75, 3.05) is 0 Å². The van der Waals surface area contributed by atoms with E-state index in [0.717, 1.165) is 5.69 Å². The van der Waals surface area contributed by atoms with Gasteiger partial charge in [0.25, 0.3) is 0 Å². The maximum atomic E-state index is 5.72. The predicted octanol–water partition coefficient (Wildman–Crippen LogP) is 0.926. The number of nitrogens with two attached hydrogens (primary N) is 1. The van der Waals surface area contributed by atoms with Crippen molar-refractivity contribution in [3.8, 4) is 11.8 Å². The van der Waals surface area contributed by atoms with E-state index in [-0.39, 0.29) is 6.04 Å². The normalized spacial score (nSPS) is 11.9. The van der Waals surface area contributed by atoms with Crippen LogP contribution < -0.4 is 5.73 Å². The molecule has 1 rings (SSSR count). The molecular formula is C9H13N3. The monoisotopic (exact) mass is 163 g/mol. The Labute approximate surface area is 72.6 Å². The van der Waals surface area contributed by atoms with Crippen molar-refractivity contribution >= 4 is 0 Å². The lowest BCUT2D eigenvalue weighted by Crippen LogP contribution is -2.11. The van der Waals surface area contributed by atoms with E-state index in [1.54, 1.807) is 12.5 Å². The highest BCUT2D eigenvalue weighted by molar-refractivity contribution is 5.06. The third-order valence-corrected chi connectivity index (χ3v) is 1.64. The molecular weight excluding hydrogens is 150 g/mol. The predicted molar refractivity (Wildman–Crippen MR) is 48.3 cm³/mol.